The number of quaternary nitrogens is 1. The fraction of sp³-hybridized carbons (Fsp3) is 0.647. The summed E-state index contributed by atoms with van der Waals surface area (Å²) in [5, 5.41) is 7.73. The minimum absolute atomic E-state index is 0.0176. The molecule has 1 fully saturated rings. The highest BCUT2D eigenvalue weighted by molar-refractivity contribution is 7.10. The van der Waals surface area contributed by atoms with Gasteiger partial charge in [0.15, 0.2) is 6.54 Å². The van der Waals surface area contributed by atoms with Crippen LogP contribution in [0.3, 0.4) is 0 Å². The third-order valence-electron chi connectivity index (χ3n) is 4.73. The van der Waals surface area contributed by atoms with Gasteiger partial charge in [0.1, 0.15) is 6.04 Å². The SMILES string of the molecule is CCCNC(=O)CNC(=O)C[NH+]1CCc2sccc2[C@@H]1C1CC1. The molecule has 1 aromatic heterocycles. The van der Waals surface area contributed by atoms with E-state index in [9.17, 15) is 9.59 Å². The molecular formula is C17H26N3O2S+. The Morgan fingerprint density at radius 2 is 2.13 bits per heavy atom. The first-order valence-corrected chi connectivity index (χ1v) is 9.51. The summed E-state index contributed by atoms with van der Waals surface area (Å²) < 4.78 is 0. The van der Waals surface area contributed by atoms with Crippen LogP contribution in [-0.4, -0.2) is 38.0 Å². The van der Waals surface area contributed by atoms with Gasteiger partial charge >= 0.3 is 0 Å². The second kappa shape index (κ2) is 7.45. The van der Waals surface area contributed by atoms with Crippen molar-refractivity contribution in [3.63, 3.8) is 0 Å². The number of thiophene rings is 1. The number of nitrogens with one attached hydrogen (secondary N) is 3. The zero-order valence-corrected chi connectivity index (χ0v) is 14.5. The first kappa shape index (κ1) is 16.5. The van der Waals surface area contributed by atoms with E-state index in [0.29, 0.717) is 19.1 Å². The molecule has 0 bridgehead atoms. The number of rotatable bonds is 7. The highest BCUT2D eigenvalue weighted by Crippen LogP contribution is 2.42. The molecule has 1 saturated carbocycles. The molecule has 2 amide bonds. The zero-order chi connectivity index (χ0) is 16.2. The fourth-order valence-corrected chi connectivity index (χ4v) is 4.40. The van der Waals surface area contributed by atoms with Crippen LogP contribution < -0.4 is 15.5 Å². The van der Waals surface area contributed by atoms with Crippen LogP contribution in [0, 0.1) is 5.92 Å². The van der Waals surface area contributed by atoms with Crippen LogP contribution in [-0.2, 0) is 16.0 Å². The zero-order valence-electron chi connectivity index (χ0n) is 13.7. The van der Waals surface area contributed by atoms with E-state index in [1.54, 1.807) is 0 Å². The van der Waals surface area contributed by atoms with E-state index in [1.807, 2.05) is 18.3 Å². The average Bonchev–Trinajstić information content (AvgIpc) is 3.27. The number of fused-ring (bicyclic) bond motifs is 1. The van der Waals surface area contributed by atoms with Crippen molar-refractivity contribution in [2.75, 3.05) is 26.2 Å². The minimum Gasteiger partial charge on any atom is -0.355 e. The van der Waals surface area contributed by atoms with Crippen molar-refractivity contribution in [2.24, 2.45) is 5.92 Å². The summed E-state index contributed by atoms with van der Waals surface area (Å²) in [5.41, 5.74) is 1.47. The average molecular weight is 336 g/mol. The van der Waals surface area contributed by atoms with Gasteiger partial charge in [-0.2, -0.15) is 0 Å². The lowest BCUT2D eigenvalue weighted by Gasteiger charge is -2.32. The summed E-state index contributed by atoms with van der Waals surface area (Å²) in [6.07, 6.45) is 4.54. The second-order valence-electron chi connectivity index (χ2n) is 6.58. The van der Waals surface area contributed by atoms with Crippen LogP contribution in [0.5, 0.6) is 0 Å². The van der Waals surface area contributed by atoms with E-state index in [-0.39, 0.29) is 18.4 Å². The summed E-state index contributed by atoms with van der Waals surface area (Å²) in [5.74, 6) is 0.614. The van der Waals surface area contributed by atoms with E-state index in [1.165, 1.54) is 28.2 Å². The van der Waals surface area contributed by atoms with Gasteiger partial charge in [-0.05, 0) is 30.7 Å². The first-order chi connectivity index (χ1) is 11.2. The summed E-state index contributed by atoms with van der Waals surface area (Å²) in [6, 6.07) is 2.72. The van der Waals surface area contributed by atoms with Gasteiger partial charge in [0.25, 0.3) is 5.91 Å². The second-order valence-corrected chi connectivity index (χ2v) is 7.58. The molecule has 2 heterocycles. The quantitative estimate of drug-likeness (QED) is 0.670. The van der Waals surface area contributed by atoms with Crippen molar-refractivity contribution < 1.29 is 14.5 Å². The van der Waals surface area contributed by atoms with Gasteiger partial charge in [-0.25, -0.2) is 0 Å². The maximum absolute atomic E-state index is 12.2. The Bertz CT molecular complexity index is 568. The maximum atomic E-state index is 12.2. The van der Waals surface area contributed by atoms with Crippen molar-refractivity contribution in [2.45, 2.75) is 38.6 Å². The summed E-state index contributed by atoms with van der Waals surface area (Å²) in [4.78, 5) is 26.7. The third-order valence-corrected chi connectivity index (χ3v) is 5.72. The van der Waals surface area contributed by atoms with Crippen molar-refractivity contribution in [1.29, 1.82) is 0 Å². The van der Waals surface area contributed by atoms with E-state index >= 15 is 0 Å². The Morgan fingerprint density at radius 3 is 2.87 bits per heavy atom. The van der Waals surface area contributed by atoms with E-state index in [0.717, 1.165) is 25.3 Å². The Hall–Kier alpha value is -1.40. The Morgan fingerprint density at radius 1 is 1.30 bits per heavy atom. The Balaban J connectivity index is 1.53. The molecule has 5 nitrogen and oxygen atoms in total. The van der Waals surface area contributed by atoms with Gasteiger partial charge in [-0.3, -0.25) is 9.59 Å². The van der Waals surface area contributed by atoms with Crippen LogP contribution in [0.1, 0.15) is 42.7 Å². The lowest BCUT2D eigenvalue weighted by molar-refractivity contribution is -0.928. The summed E-state index contributed by atoms with van der Waals surface area (Å²) in [6.45, 7) is 4.25. The van der Waals surface area contributed by atoms with Gasteiger partial charge in [0, 0.05) is 29.3 Å². The van der Waals surface area contributed by atoms with E-state index in [2.05, 4.69) is 22.1 Å². The summed E-state index contributed by atoms with van der Waals surface area (Å²) in [7, 11) is 0. The highest BCUT2D eigenvalue weighted by atomic mass is 32.1. The normalized spacial score (nSPS) is 23.2. The molecule has 1 aliphatic carbocycles. The molecule has 2 aliphatic rings. The van der Waals surface area contributed by atoms with Crippen LogP contribution in [0.2, 0.25) is 0 Å². The molecule has 1 aromatic rings. The third kappa shape index (κ3) is 4.12. The predicted molar refractivity (Wildman–Crippen MR) is 90.5 cm³/mol. The topological polar surface area (TPSA) is 62.6 Å². The van der Waals surface area contributed by atoms with E-state index in [4.69, 9.17) is 0 Å². The van der Waals surface area contributed by atoms with Gasteiger partial charge in [0.2, 0.25) is 5.91 Å². The molecule has 1 aliphatic heterocycles. The number of amides is 2. The van der Waals surface area contributed by atoms with Crippen LogP contribution in [0.25, 0.3) is 0 Å². The van der Waals surface area contributed by atoms with Crippen molar-refractivity contribution >= 4 is 23.2 Å². The van der Waals surface area contributed by atoms with Gasteiger partial charge in [-0.15, -0.1) is 11.3 Å². The molecule has 3 N–H and O–H groups in total. The smallest absolute Gasteiger partial charge is 0.275 e. The van der Waals surface area contributed by atoms with Crippen molar-refractivity contribution in [3.05, 3.63) is 21.9 Å². The van der Waals surface area contributed by atoms with Gasteiger partial charge in [-0.1, -0.05) is 6.92 Å². The van der Waals surface area contributed by atoms with E-state index < -0.39 is 0 Å². The number of hydrogen-bond donors (Lipinski definition) is 3. The molecule has 0 radical (unpaired) electrons. The van der Waals surface area contributed by atoms with Gasteiger partial charge < -0.3 is 15.5 Å². The molecule has 0 spiro atoms. The number of carbonyl (C=O) groups is 2. The van der Waals surface area contributed by atoms with Crippen molar-refractivity contribution in [3.8, 4) is 0 Å². The first-order valence-electron chi connectivity index (χ1n) is 8.63. The van der Waals surface area contributed by atoms with Crippen molar-refractivity contribution in [1.82, 2.24) is 10.6 Å². The molecule has 6 heteroatoms. The molecular weight excluding hydrogens is 310 g/mol. The van der Waals surface area contributed by atoms with Crippen LogP contribution in [0.4, 0.5) is 0 Å². The summed E-state index contributed by atoms with van der Waals surface area (Å²) >= 11 is 1.85. The molecule has 2 atom stereocenters. The molecule has 23 heavy (non-hydrogen) atoms. The van der Waals surface area contributed by atoms with Crippen LogP contribution >= 0.6 is 11.3 Å². The number of hydrogen-bond acceptors (Lipinski definition) is 3. The Kier molecular flexibility index (Phi) is 5.33. The molecule has 0 saturated heterocycles. The Labute approximate surface area is 141 Å². The monoisotopic (exact) mass is 336 g/mol. The lowest BCUT2D eigenvalue weighted by atomic mass is 9.96. The highest BCUT2D eigenvalue weighted by Gasteiger charge is 2.43. The minimum atomic E-state index is -0.104. The fourth-order valence-electron chi connectivity index (χ4n) is 3.47. The molecule has 3 rings (SSSR count). The maximum Gasteiger partial charge on any atom is 0.275 e. The molecule has 0 aromatic carbocycles. The molecule has 126 valence electrons. The number of carbonyl (C=O) groups excluding carboxylic acids is 2. The van der Waals surface area contributed by atoms with Crippen LogP contribution in [0.15, 0.2) is 11.4 Å². The predicted octanol–water partition coefficient (Wildman–Crippen LogP) is 0.283. The molecule has 1 unspecified atom stereocenters. The largest absolute Gasteiger partial charge is 0.355 e. The van der Waals surface area contributed by atoms with Gasteiger partial charge in [0.05, 0.1) is 13.1 Å². The standard InChI is InChI=1S/C17H25N3O2S/c1-2-7-18-15(21)10-19-16(22)11-20-8-5-14-13(6-9-23-14)17(20)12-3-4-12/h6,9,12,17H,2-5,7-8,10-11H2,1H3,(H,18,21)(H,19,22)/p+1/t17-/m0/s1. The lowest BCUT2D eigenvalue weighted by Crippen LogP contribution is -3.14.